The van der Waals surface area contributed by atoms with Crippen LogP contribution in [0.3, 0.4) is 0 Å². The Morgan fingerprint density at radius 3 is 2.39 bits per heavy atom. The van der Waals surface area contributed by atoms with Crippen LogP contribution in [0.5, 0.6) is 5.75 Å². The van der Waals surface area contributed by atoms with Gasteiger partial charge in [0.05, 0.1) is 13.0 Å². The van der Waals surface area contributed by atoms with Crippen molar-refractivity contribution in [2.45, 2.75) is 38.0 Å². The molecule has 7 heteroatoms. The van der Waals surface area contributed by atoms with Crippen LogP contribution < -0.4 is 4.74 Å². The van der Waals surface area contributed by atoms with Gasteiger partial charge in [-0.3, -0.25) is 4.79 Å². The third-order valence-electron chi connectivity index (χ3n) is 4.46. The average Bonchev–Trinajstić information content (AvgIpc) is 2.86. The van der Waals surface area contributed by atoms with E-state index in [-0.39, 0.29) is 29.9 Å². The number of halogens is 4. The fourth-order valence-electron chi connectivity index (χ4n) is 3.43. The van der Waals surface area contributed by atoms with Gasteiger partial charge in [-0.05, 0) is 36.8 Å². The summed E-state index contributed by atoms with van der Waals surface area (Å²) in [6.45, 7) is 0. The second-order valence-electron chi connectivity index (χ2n) is 6.24. The Kier molecular flexibility index (Phi) is 4.87. The molecule has 0 aliphatic heterocycles. The Morgan fingerprint density at radius 2 is 1.96 bits per heavy atom. The molecule has 3 rings (SSSR count). The zero-order valence-electron chi connectivity index (χ0n) is 12.6. The number of carboxylic acids is 1. The number of methoxy groups -OCH3 is 1. The lowest BCUT2D eigenvalue weighted by Crippen LogP contribution is -2.44. The van der Waals surface area contributed by atoms with Crippen molar-refractivity contribution < 1.29 is 32.2 Å². The molecule has 2 saturated carbocycles. The zero-order chi connectivity index (χ0) is 17.3. The molecule has 1 aromatic carbocycles. The molecule has 0 heterocycles. The maximum Gasteiger partial charge on any atom is 0.306 e. The first-order chi connectivity index (χ1) is 10.7. The SMILES string of the molecule is COc1cccc(F)c1F.O=C(O)C1CCC2(C1)CC(F)(F)C2. The molecule has 3 nitrogen and oxygen atoms in total. The smallest absolute Gasteiger partial charge is 0.306 e. The van der Waals surface area contributed by atoms with E-state index >= 15 is 0 Å². The van der Waals surface area contributed by atoms with Crippen molar-refractivity contribution in [1.29, 1.82) is 0 Å². The summed E-state index contributed by atoms with van der Waals surface area (Å²) in [6, 6.07) is 3.79. The normalized spacial score (nSPS) is 23.6. The van der Waals surface area contributed by atoms with E-state index in [2.05, 4.69) is 4.74 Å². The lowest BCUT2D eigenvalue weighted by molar-refractivity contribution is -0.162. The molecule has 0 aromatic heterocycles. The van der Waals surface area contributed by atoms with Crippen molar-refractivity contribution in [2.75, 3.05) is 7.11 Å². The Hall–Kier alpha value is -1.79. The molecule has 0 saturated heterocycles. The van der Waals surface area contributed by atoms with Gasteiger partial charge in [0.15, 0.2) is 11.6 Å². The summed E-state index contributed by atoms with van der Waals surface area (Å²) in [5.41, 5.74) is -0.327. The molecule has 1 aromatic rings. The number of benzene rings is 1. The predicted octanol–water partition coefficient (Wildman–Crippen LogP) is 4.26. The molecule has 23 heavy (non-hydrogen) atoms. The largest absolute Gasteiger partial charge is 0.494 e. The summed E-state index contributed by atoms with van der Waals surface area (Å²) in [7, 11) is 1.29. The van der Waals surface area contributed by atoms with Crippen LogP contribution >= 0.6 is 0 Å². The highest BCUT2D eigenvalue weighted by Gasteiger charge is 2.59. The van der Waals surface area contributed by atoms with Crippen molar-refractivity contribution in [3.63, 3.8) is 0 Å². The Balaban J connectivity index is 0.000000174. The number of rotatable bonds is 2. The van der Waals surface area contributed by atoms with Crippen LogP contribution in [0.25, 0.3) is 0 Å². The molecular formula is C16H18F4O3. The van der Waals surface area contributed by atoms with Crippen LogP contribution in [0.4, 0.5) is 17.6 Å². The highest BCUT2D eigenvalue weighted by Crippen LogP contribution is 2.61. The van der Waals surface area contributed by atoms with Crippen LogP contribution in [0.1, 0.15) is 32.1 Å². The van der Waals surface area contributed by atoms with Gasteiger partial charge in [0.2, 0.25) is 11.7 Å². The predicted molar refractivity (Wildman–Crippen MR) is 74.5 cm³/mol. The molecule has 0 amide bonds. The molecule has 128 valence electrons. The summed E-state index contributed by atoms with van der Waals surface area (Å²) in [4.78, 5) is 10.6. The van der Waals surface area contributed by atoms with Crippen LogP contribution in [-0.2, 0) is 4.79 Å². The van der Waals surface area contributed by atoms with E-state index in [1.165, 1.54) is 19.2 Å². The third-order valence-corrected chi connectivity index (χ3v) is 4.46. The molecule has 0 radical (unpaired) electrons. The summed E-state index contributed by atoms with van der Waals surface area (Å²) >= 11 is 0. The molecular weight excluding hydrogens is 316 g/mol. The maximum atomic E-state index is 12.6. The van der Waals surface area contributed by atoms with Crippen molar-refractivity contribution in [2.24, 2.45) is 11.3 Å². The van der Waals surface area contributed by atoms with E-state index in [1.54, 1.807) is 0 Å². The van der Waals surface area contributed by atoms with Gasteiger partial charge in [-0.1, -0.05) is 6.07 Å². The molecule has 2 aliphatic carbocycles. The van der Waals surface area contributed by atoms with Crippen LogP contribution in [-0.4, -0.2) is 24.1 Å². The van der Waals surface area contributed by atoms with E-state index in [0.717, 1.165) is 6.07 Å². The number of aliphatic carboxylic acids is 1. The van der Waals surface area contributed by atoms with Gasteiger partial charge >= 0.3 is 5.97 Å². The topological polar surface area (TPSA) is 46.5 Å². The number of alkyl halides is 2. The first-order valence-electron chi connectivity index (χ1n) is 7.27. The number of carbonyl (C=O) groups is 1. The van der Waals surface area contributed by atoms with Gasteiger partial charge in [0.25, 0.3) is 0 Å². The lowest BCUT2D eigenvalue weighted by atomic mass is 9.64. The summed E-state index contributed by atoms with van der Waals surface area (Å²) in [5, 5.41) is 8.71. The van der Waals surface area contributed by atoms with Gasteiger partial charge in [-0.25, -0.2) is 13.2 Å². The Labute approximate surface area is 131 Å². The second-order valence-corrected chi connectivity index (χ2v) is 6.24. The zero-order valence-corrected chi connectivity index (χ0v) is 12.6. The minimum absolute atomic E-state index is 0.0694. The standard InChI is InChI=1S/C9H12F2O2.C7H6F2O/c10-9(11)4-8(5-9)2-1-6(3-8)7(12)13;1-10-6-4-2-3-5(8)7(6)9/h6H,1-5H2,(H,12,13);2-4H,1H3. The van der Waals surface area contributed by atoms with Crippen molar-refractivity contribution in [3.05, 3.63) is 29.8 Å². The van der Waals surface area contributed by atoms with Crippen molar-refractivity contribution >= 4 is 5.97 Å². The monoisotopic (exact) mass is 334 g/mol. The Bertz CT molecular complexity index is 581. The van der Waals surface area contributed by atoms with E-state index in [0.29, 0.717) is 19.3 Å². The molecule has 1 unspecified atom stereocenters. The lowest BCUT2D eigenvalue weighted by Gasteiger charge is -2.45. The molecule has 1 N–H and O–H groups in total. The summed E-state index contributed by atoms with van der Waals surface area (Å²) in [6.07, 6.45) is 1.51. The number of hydrogen-bond donors (Lipinski definition) is 1. The Morgan fingerprint density at radius 1 is 1.30 bits per heavy atom. The van der Waals surface area contributed by atoms with E-state index in [1.807, 2.05) is 0 Å². The molecule has 1 spiro atoms. The first-order valence-corrected chi connectivity index (χ1v) is 7.27. The second kappa shape index (κ2) is 6.37. The van der Waals surface area contributed by atoms with Gasteiger partial charge < -0.3 is 9.84 Å². The van der Waals surface area contributed by atoms with Crippen LogP contribution in [0, 0.1) is 23.0 Å². The molecule has 0 bridgehead atoms. The fourth-order valence-corrected chi connectivity index (χ4v) is 3.43. The maximum absolute atomic E-state index is 12.6. The minimum atomic E-state index is -2.52. The molecule has 2 fully saturated rings. The van der Waals surface area contributed by atoms with Crippen LogP contribution in [0.15, 0.2) is 18.2 Å². The summed E-state index contributed by atoms with van der Waals surface area (Å²) < 4.78 is 54.6. The van der Waals surface area contributed by atoms with E-state index in [4.69, 9.17) is 5.11 Å². The average molecular weight is 334 g/mol. The highest BCUT2D eigenvalue weighted by molar-refractivity contribution is 5.70. The van der Waals surface area contributed by atoms with E-state index < -0.39 is 23.5 Å². The van der Waals surface area contributed by atoms with Gasteiger partial charge in [-0.15, -0.1) is 0 Å². The number of ether oxygens (including phenoxy) is 1. The van der Waals surface area contributed by atoms with Crippen LogP contribution in [0.2, 0.25) is 0 Å². The number of carboxylic acid groups (broad SMARTS) is 1. The molecule has 1 atom stereocenters. The van der Waals surface area contributed by atoms with Gasteiger partial charge in [0.1, 0.15) is 0 Å². The molecule has 2 aliphatic rings. The summed E-state index contributed by atoms with van der Waals surface area (Å²) in [5.74, 6) is -5.62. The van der Waals surface area contributed by atoms with Gasteiger partial charge in [-0.2, -0.15) is 4.39 Å². The quantitative estimate of drug-likeness (QED) is 0.822. The van der Waals surface area contributed by atoms with E-state index in [9.17, 15) is 22.4 Å². The van der Waals surface area contributed by atoms with Gasteiger partial charge in [0, 0.05) is 12.8 Å². The first kappa shape index (κ1) is 17.6. The fraction of sp³-hybridized carbons (Fsp3) is 0.562. The third kappa shape index (κ3) is 3.95. The highest BCUT2D eigenvalue weighted by atomic mass is 19.3. The minimum Gasteiger partial charge on any atom is -0.494 e. The number of hydrogen-bond acceptors (Lipinski definition) is 2. The van der Waals surface area contributed by atoms with Crippen molar-refractivity contribution in [1.82, 2.24) is 0 Å². The van der Waals surface area contributed by atoms with Crippen molar-refractivity contribution in [3.8, 4) is 5.75 Å².